The normalized spacial score (nSPS) is 24.7. The molecule has 0 saturated heterocycles. The van der Waals surface area contributed by atoms with E-state index in [1.54, 1.807) is 7.05 Å². The van der Waals surface area contributed by atoms with Crippen molar-refractivity contribution in [2.75, 3.05) is 11.1 Å². The largest absolute Gasteiger partial charge is 0.383 e. The number of anilines is 2. The maximum Gasteiger partial charge on any atom is 0.377 e. The molecule has 2 saturated carbocycles. The van der Waals surface area contributed by atoms with Crippen LogP contribution in [0.1, 0.15) is 47.7 Å². The van der Waals surface area contributed by atoms with Gasteiger partial charge in [0.15, 0.2) is 0 Å². The van der Waals surface area contributed by atoms with E-state index in [-0.39, 0.29) is 33.0 Å². The standard InChI is InChI=1S/C26H25Cl2F3N4O4S/c1-35-23(32)21(24(36)33-17-4-7-20(29)19(28)10-17)22(34-35)13-8-14-11-25(37,12-15(14)9-13)26(30,31)40(38,39)18-5-2-16(27)3-6-18/h2-7,10,13-15,37H,8-9,11-12,32H2,1H3,(H,33,36). The second kappa shape index (κ2) is 9.93. The number of nitrogens with one attached hydrogen (secondary N) is 1. The third-order valence-electron chi connectivity index (χ3n) is 7.95. The van der Waals surface area contributed by atoms with Crippen molar-refractivity contribution in [2.24, 2.45) is 18.9 Å². The molecule has 14 heteroatoms. The Balaban J connectivity index is 1.36. The van der Waals surface area contributed by atoms with Gasteiger partial charge in [-0.15, -0.1) is 0 Å². The molecular formula is C26H25Cl2F3N4O4S. The van der Waals surface area contributed by atoms with Crippen LogP contribution < -0.4 is 11.1 Å². The van der Waals surface area contributed by atoms with E-state index in [0.29, 0.717) is 18.5 Å². The van der Waals surface area contributed by atoms with Crippen LogP contribution in [0.5, 0.6) is 0 Å². The van der Waals surface area contributed by atoms with Crippen molar-refractivity contribution in [3.05, 3.63) is 69.6 Å². The van der Waals surface area contributed by atoms with Crippen LogP contribution in [0.2, 0.25) is 10.0 Å². The third-order valence-corrected chi connectivity index (χ3v) is 10.4. The number of alkyl halides is 2. The summed E-state index contributed by atoms with van der Waals surface area (Å²) in [7, 11) is -3.65. The molecule has 5 rings (SSSR count). The summed E-state index contributed by atoms with van der Waals surface area (Å²) < 4.78 is 71.6. The Hall–Kier alpha value is -2.80. The van der Waals surface area contributed by atoms with Gasteiger partial charge >= 0.3 is 5.25 Å². The lowest BCUT2D eigenvalue weighted by atomic mass is 9.91. The Morgan fingerprint density at radius 1 is 1.15 bits per heavy atom. The summed E-state index contributed by atoms with van der Waals surface area (Å²) in [5, 5.41) is 13.6. The van der Waals surface area contributed by atoms with E-state index in [1.807, 2.05) is 0 Å². The van der Waals surface area contributed by atoms with Gasteiger partial charge in [-0.05, 0) is 80.0 Å². The molecule has 0 aliphatic heterocycles. The highest BCUT2D eigenvalue weighted by atomic mass is 35.5. The van der Waals surface area contributed by atoms with E-state index in [2.05, 4.69) is 10.4 Å². The molecular weight excluding hydrogens is 592 g/mol. The van der Waals surface area contributed by atoms with Gasteiger partial charge in [-0.3, -0.25) is 9.48 Å². The molecule has 2 aliphatic carbocycles. The van der Waals surface area contributed by atoms with E-state index < -0.39 is 62.0 Å². The summed E-state index contributed by atoms with van der Waals surface area (Å²) in [6, 6.07) is 8.05. The lowest BCUT2D eigenvalue weighted by molar-refractivity contribution is -0.126. The number of hydrogen-bond donors (Lipinski definition) is 3. The lowest BCUT2D eigenvalue weighted by Crippen LogP contribution is -2.51. The fourth-order valence-corrected chi connectivity index (χ4v) is 7.74. The summed E-state index contributed by atoms with van der Waals surface area (Å²) in [5.41, 5.74) is 4.08. The monoisotopic (exact) mass is 616 g/mol. The van der Waals surface area contributed by atoms with Gasteiger partial charge in [0, 0.05) is 23.7 Å². The van der Waals surface area contributed by atoms with Crippen LogP contribution in [0.25, 0.3) is 0 Å². The molecule has 1 aromatic heterocycles. The van der Waals surface area contributed by atoms with Crippen LogP contribution in [0.3, 0.4) is 0 Å². The van der Waals surface area contributed by atoms with Gasteiger partial charge in [0.25, 0.3) is 5.91 Å². The van der Waals surface area contributed by atoms with E-state index in [9.17, 15) is 22.7 Å². The van der Waals surface area contributed by atoms with Gasteiger partial charge in [0.05, 0.1) is 15.6 Å². The number of aryl methyl sites for hydroxylation is 1. The molecule has 214 valence electrons. The van der Waals surface area contributed by atoms with Gasteiger partial charge in [-0.2, -0.15) is 13.9 Å². The number of rotatable bonds is 6. The van der Waals surface area contributed by atoms with Gasteiger partial charge in [-0.25, -0.2) is 12.8 Å². The zero-order valence-corrected chi connectivity index (χ0v) is 23.4. The number of fused-ring (bicyclic) bond motifs is 1. The quantitative estimate of drug-likeness (QED) is 0.340. The van der Waals surface area contributed by atoms with E-state index >= 15 is 8.78 Å². The van der Waals surface area contributed by atoms with Crippen LogP contribution >= 0.6 is 23.2 Å². The SMILES string of the molecule is Cn1nc(C2CC3CC(O)(C(F)(F)S(=O)(=O)c4ccc(Cl)cc4)CC3C2)c(C(=O)Nc2ccc(F)c(Cl)c2)c1N. The Kier molecular flexibility index (Phi) is 7.13. The predicted molar refractivity (Wildman–Crippen MR) is 144 cm³/mol. The Labute approximate surface area is 238 Å². The first kappa shape index (κ1) is 28.7. The Bertz CT molecular complexity index is 1580. The van der Waals surface area contributed by atoms with Crippen LogP contribution in [-0.4, -0.2) is 40.1 Å². The third kappa shape index (κ3) is 4.64. The highest BCUT2D eigenvalue weighted by Crippen LogP contribution is 2.59. The molecule has 2 aromatic carbocycles. The molecule has 1 amide bonds. The van der Waals surface area contributed by atoms with Crippen molar-refractivity contribution in [1.82, 2.24) is 9.78 Å². The molecule has 1 heterocycles. The van der Waals surface area contributed by atoms with Crippen LogP contribution in [0.15, 0.2) is 47.4 Å². The first-order valence-corrected chi connectivity index (χ1v) is 14.6. The Morgan fingerprint density at radius 3 is 2.33 bits per heavy atom. The van der Waals surface area contributed by atoms with Crippen molar-refractivity contribution >= 4 is 50.5 Å². The molecule has 2 unspecified atom stereocenters. The van der Waals surface area contributed by atoms with Gasteiger partial charge in [-0.1, -0.05) is 23.2 Å². The highest BCUT2D eigenvalue weighted by molar-refractivity contribution is 7.92. The number of hydrogen-bond acceptors (Lipinski definition) is 6. The summed E-state index contributed by atoms with van der Waals surface area (Å²) in [6.45, 7) is 0. The number of halogens is 5. The molecule has 0 bridgehead atoms. The van der Waals surface area contributed by atoms with Crippen molar-refractivity contribution in [2.45, 2.75) is 47.4 Å². The fourth-order valence-electron chi connectivity index (χ4n) is 5.98. The molecule has 2 atom stereocenters. The first-order chi connectivity index (χ1) is 18.6. The van der Waals surface area contributed by atoms with Gasteiger partial charge in [0.1, 0.15) is 22.8 Å². The molecule has 3 aromatic rings. The van der Waals surface area contributed by atoms with E-state index in [1.165, 1.54) is 28.9 Å². The van der Waals surface area contributed by atoms with E-state index in [0.717, 1.165) is 18.2 Å². The maximum absolute atomic E-state index is 15.5. The van der Waals surface area contributed by atoms with Crippen molar-refractivity contribution in [1.29, 1.82) is 0 Å². The molecule has 8 nitrogen and oxygen atoms in total. The molecule has 2 aliphatic rings. The number of aliphatic hydroxyl groups is 1. The number of nitrogens with two attached hydrogens (primary N) is 1. The Morgan fingerprint density at radius 2 is 1.75 bits per heavy atom. The first-order valence-electron chi connectivity index (χ1n) is 12.3. The predicted octanol–water partition coefficient (Wildman–Crippen LogP) is 5.40. The topological polar surface area (TPSA) is 127 Å². The zero-order chi connectivity index (χ0) is 29.2. The molecule has 0 radical (unpaired) electrons. The fraction of sp³-hybridized carbons (Fsp3) is 0.385. The number of sulfone groups is 1. The molecule has 4 N–H and O–H groups in total. The maximum atomic E-state index is 15.5. The molecule has 0 spiro atoms. The second-order valence-corrected chi connectivity index (χ2v) is 13.3. The van der Waals surface area contributed by atoms with Crippen LogP contribution in [-0.2, 0) is 16.9 Å². The summed E-state index contributed by atoms with van der Waals surface area (Å²) >= 11 is 11.6. The minimum atomic E-state index is -5.21. The van der Waals surface area contributed by atoms with Crippen LogP contribution in [0.4, 0.5) is 24.7 Å². The number of nitrogens with zero attached hydrogens (tertiary/aromatic N) is 2. The number of carbonyl (C=O) groups excluding carboxylic acids is 1. The van der Waals surface area contributed by atoms with Crippen molar-refractivity contribution in [3.8, 4) is 0 Å². The van der Waals surface area contributed by atoms with E-state index in [4.69, 9.17) is 28.9 Å². The summed E-state index contributed by atoms with van der Waals surface area (Å²) in [4.78, 5) is 12.5. The number of carbonyl (C=O) groups is 1. The number of nitrogen functional groups attached to an aromatic ring is 1. The smallest absolute Gasteiger partial charge is 0.377 e. The average molecular weight is 617 g/mol. The van der Waals surface area contributed by atoms with Gasteiger partial charge in [0.2, 0.25) is 9.84 Å². The minimum absolute atomic E-state index is 0.0786. The van der Waals surface area contributed by atoms with Crippen molar-refractivity contribution < 1.29 is 31.5 Å². The highest BCUT2D eigenvalue weighted by Gasteiger charge is 2.67. The molecule has 2 fully saturated rings. The number of amides is 1. The van der Waals surface area contributed by atoms with Gasteiger partial charge < -0.3 is 16.2 Å². The lowest BCUT2D eigenvalue weighted by Gasteiger charge is -2.33. The summed E-state index contributed by atoms with van der Waals surface area (Å²) in [6.07, 6.45) is -0.288. The zero-order valence-electron chi connectivity index (χ0n) is 21.0. The summed E-state index contributed by atoms with van der Waals surface area (Å²) in [5.74, 6) is -2.38. The second-order valence-electron chi connectivity index (χ2n) is 10.5. The number of benzene rings is 2. The van der Waals surface area contributed by atoms with Crippen LogP contribution in [0, 0.1) is 17.7 Å². The molecule has 40 heavy (non-hydrogen) atoms. The minimum Gasteiger partial charge on any atom is -0.383 e. The van der Waals surface area contributed by atoms with Crippen molar-refractivity contribution in [3.63, 3.8) is 0 Å². The average Bonchev–Trinajstić information content (AvgIpc) is 3.51. The number of aromatic nitrogens is 2.